The van der Waals surface area contributed by atoms with Gasteiger partial charge >= 0.3 is 0 Å². The van der Waals surface area contributed by atoms with Crippen LogP contribution in [0.5, 0.6) is 11.5 Å². The van der Waals surface area contributed by atoms with Gasteiger partial charge in [0, 0.05) is 50.4 Å². The Hall–Kier alpha value is -5.20. The molecule has 11 nitrogen and oxygen atoms in total. The molecule has 0 spiro atoms. The van der Waals surface area contributed by atoms with Gasteiger partial charge in [0.05, 0.1) is 23.7 Å². The third kappa shape index (κ3) is 4.66. The zero-order valence-corrected chi connectivity index (χ0v) is 23.5. The first-order valence-electron chi connectivity index (χ1n) is 13.8. The number of fused-ring (bicyclic) bond motifs is 4. The Bertz CT molecular complexity index is 1930. The second-order valence-corrected chi connectivity index (χ2v) is 10.9. The molecule has 2 aliphatic heterocycles. The van der Waals surface area contributed by atoms with Crippen LogP contribution in [0.25, 0.3) is 22.1 Å². The van der Waals surface area contributed by atoms with Crippen LogP contribution in [0.3, 0.4) is 0 Å². The predicted octanol–water partition coefficient (Wildman–Crippen LogP) is 4.65. The molecule has 2 aliphatic rings. The molecule has 1 amide bonds. The van der Waals surface area contributed by atoms with Crippen LogP contribution in [-0.4, -0.2) is 66.0 Å². The maximum absolute atomic E-state index is 15.6. The summed E-state index contributed by atoms with van der Waals surface area (Å²) >= 11 is 0. The quantitative estimate of drug-likeness (QED) is 0.285. The first-order chi connectivity index (χ1) is 20.8. The smallest absolute Gasteiger partial charge is 0.246 e. The first-order valence-corrected chi connectivity index (χ1v) is 13.8. The molecular formula is C30H27F2N9O2. The summed E-state index contributed by atoms with van der Waals surface area (Å²) in [5, 5.41) is 3.05. The Labute approximate surface area is 244 Å². The van der Waals surface area contributed by atoms with Gasteiger partial charge in [0.25, 0.3) is 0 Å². The summed E-state index contributed by atoms with van der Waals surface area (Å²) in [6, 6.07) is 6.05. The van der Waals surface area contributed by atoms with E-state index < -0.39 is 11.6 Å². The number of amides is 1. The van der Waals surface area contributed by atoms with Crippen LogP contribution >= 0.6 is 0 Å². The molecule has 43 heavy (non-hydrogen) atoms. The van der Waals surface area contributed by atoms with E-state index in [1.807, 2.05) is 4.90 Å². The lowest BCUT2D eigenvalue weighted by Gasteiger charge is -2.32. The highest BCUT2D eigenvalue weighted by molar-refractivity contribution is 5.88. The number of hydrogen-bond donors (Lipinski definition) is 1. The zero-order valence-electron chi connectivity index (χ0n) is 23.5. The summed E-state index contributed by atoms with van der Waals surface area (Å²) in [4.78, 5) is 38.3. The topological polar surface area (TPSA) is 114 Å². The monoisotopic (exact) mass is 583 g/mol. The van der Waals surface area contributed by atoms with E-state index in [2.05, 4.69) is 36.7 Å². The van der Waals surface area contributed by atoms with Gasteiger partial charge in [-0.25, -0.2) is 33.7 Å². The standard InChI is InChI=1S/C30H27F2N9O2/c1-4-25(42)41-12-17-7-18(41)13-40(11-17)30-33-10-23-27(38-30)29(35-14-34-23)37-21-5-6-24(16(2)26(21)32)43-19-8-20(31)28-22(9-19)36-15-39(28)3/h4-6,8-10,14-15,17-18H,1,7,11-13H2,2-3H3,(H,34,35,37). The number of imidazole rings is 1. The predicted molar refractivity (Wildman–Crippen MR) is 156 cm³/mol. The molecule has 2 atom stereocenters. The molecule has 218 valence electrons. The highest BCUT2D eigenvalue weighted by atomic mass is 19.1. The summed E-state index contributed by atoms with van der Waals surface area (Å²) in [7, 11) is 1.70. The zero-order chi connectivity index (χ0) is 29.8. The van der Waals surface area contributed by atoms with Crippen molar-refractivity contribution >= 4 is 45.4 Å². The molecule has 0 saturated carbocycles. The normalized spacial score (nSPS) is 18.0. The van der Waals surface area contributed by atoms with Gasteiger partial charge in [-0.2, -0.15) is 0 Å². The minimum atomic E-state index is -0.558. The van der Waals surface area contributed by atoms with Gasteiger partial charge < -0.3 is 24.4 Å². The Balaban J connectivity index is 1.15. The highest BCUT2D eigenvalue weighted by Crippen LogP contribution is 2.35. The van der Waals surface area contributed by atoms with Crippen molar-refractivity contribution in [3.05, 3.63) is 73.0 Å². The Morgan fingerprint density at radius 2 is 1.98 bits per heavy atom. The average molecular weight is 584 g/mol. The molecule has 2 fully saturated rings. The molecule has 2 saturated heterocycles. The Morgan fingerprint density at radius 3 is 2.81 bits per heavy atom. The van der Waals surface area contributed by atoms with Crippen molar-refractivity contribution in [1.82, 2.24) is 34.4 Å². The Morgan fingerprint density at radius 1 is 1.12 bits per heavy atom. The van der Waals surface area contributed by atoms with E-state index in [0.717, 1.165) is 6.42 Å². The fourth-order valence-corrected chi connectivity index (χ4v) is 6.00. The number of nitrogens with one attached hydrogen (secondary N) is 1. The number of ether oxygens (including phenoxy) is 1. The number of carbonyl (C=O) groups excluding carboxylic acids is 1. The second kappa shape index (κ2) is 10.3. The molecule has 0 radical (unpaired) electrons. The van der Waals surface area contributed by atoms with E-state index in [0.29, 0.717) is 59.4 Å². The molecule has 0 aliphatic carbocycles. The average Bonchev–Trinajstić information content (AvgIpc) is 3.54. The van der Waals surface area contributed by atoms with Gasteiger partial charge in [-0.05, 0) is 37.5 Å². The maximum atomic E-state index is 15.6. The number of carbonyl (C=O) groups is 1. The number of aryl methyl sites for hydroxylation is 1. The summed E-state index contributed by atoms with van der Waals surface area (Å²) in [6.45, 7) is 7.20. The number of anilines is 3. The third-order valence-electron chi connectivity index (χ3n) is 8.07. The number of benzene rings is 2. The van der Waals surface area contributed by atoms with Gasteiger partial charge in [-0.1, -0.05) is 6.58 Å². The van der Waals surface area contributed by atoms with Crippen LogP contribution < -0.4 is 15.0 Å². The van der Waals surface area contributed by atoms with Gasteiger partial charge in [0.2, 0.25) is 11.9 Å². The number of rotatable bonds is 6. The van der Waals surface area contributed by atoms with Crippen LogP contribution in [0.15, 0.2) is 55.8 Å². The van der Waals surface area contributed by atoms with Gasteiger partial charge in [0.15, 0.2) is 17.5 Å². The minimum absolute atomic E-state index is 0.0633. The van der Waals surface area contributed by atoms with Crippen LogP contribution in [0.2, 0.25) is 0 Å². The van der Waals surface area contributed by atoms with E-state index >= 15 is 4.39 Å². The number of nitrogens with zero attached hydrogens (tertiary/aromatic N) is 8. The highest BCUT2D eigenvalue weighted by Gasteiger charge is 2.41. The molecular weight excluding hydrogens is 556 g/mol. The SMILES string of the molecule is C=CC(=O)N1CC2CC1CN(c1ncc3ncnc(Nc4ccc(Oc5cc(F)c6c(c5)ncn6C)c(C)c4F)c3n1)C2. The number of likely N-dealkylation sites (tertiary alicyclic amines) is 1. The van der Waals surface area contributed by atoms with Crippen molar-refractivity contribution < 1.29 is 18.3 Å². The summed E-state index contributed by atoms with van der Waals surface area (Å²) in [6.07, 6.45) is 6.78. The van der Waals surface area contributed by atoms with E-state index in [1.165, 1.54) is 30.9 Å². The molecule has 1 N–H and O–H groups in total. The molecule has 2 aromatic carbocycles. The number of piperidine rings is 1. The van der Waals surface area contributed by atoms with Crippen molar-refractivity contribution in [2.75, 3.05) is 29.9 Å². The van der Waals surface area contributed by atoms with Crippen molar-refractivity contribution in [3.63, 3.8) is 0 Å². The lowest BCUT2D eigenvalue weighted by molar-refractivity contribution is -0.126. The molecule has 3 aromatic heterocycles. The molecule has 5 aromatic rings. The Kier molecular flexibility index (Phi) is 6.37. The minimum Gasteiger partial charge on any atom is -0.457 e. The molecule has 7 rings (SSSR count). The number of hydrogen-bond acceptors (Lipinski definition) is 9. The van der Waals surface area contributed by atoms with Gasteiger partial charge in [-0.3, -0.25) is 4.79 Å². The summed E-state index contributed by atoms with van der Waals surface area (Å²) < 4.78 is 37.7. The van der Waals surface area contributed by atoms with E-state index in [9.17, 15) is 9.18 Å². The molecule has 2 unspecified atom stereocenters. The van der Waals surface area contributed by atoms with E-state index in [4.69, 9.17) is 9.72 Å². The molecule has 2 bridgehead atoms. The van der Waals surface area contributed by atoms with E-state index in [1.54, 1.807) is 36.9 Å². The van der Waals surface area contributed by atoms with Crippen LogP contribution in [0.1, 0.15) is 12.0 Å². The van der Waals surface area contributed by atoms with Crippen LogP contribution in [0, 0.1) is 24.5 Å². The maximum Gasteiger partial charge on any atom is 0.246 e. The molecule has 13 heteroatoms. The lowest BCUT2D eigenvalue weighted by Crippen LogP contribution is -2.44. The fourth-order valence-electron chi connectivity index (χ4n) is 6.00. The summed E-state index contributed by atoms with van der Waals surface area (Å²) in [5.74, 6) is 0.450. The van der Waals surface area contributed by atoms with Crippen LogP contribution in [-0.2, 0) is 11.8 Å². The largest absolute Gasteiger partial charge is 0.457 e. The van der Waals surface area contributed by atoms with Crippen molar-refractivity contribution in [2.45, 2.75) is 19.4 Å². The van der Waals surface area contributed by atoms with Crippen molar-refractivity contribution in [1.29, 1.82) is 0 Å². The third-order valence-corrected chi connectivity index (χ3v) is 8.07. The van der Waals surface area contributed by atoms with Gasteiger partial charge in [-0.15, -0.1) is 0 Å². The van der Waals surface area contributed by atoms with Gasteiger partial charge in [0.1, 0.15) is 34.4 Å². The lowest BCUT2D eigenvalue weighted by atomic mass is 10.0. The second-order valence-electron chi connectivity index (χ2n) is 10.9. The number of halogens is 2. The van der Waals surface area contributed by atoms with Crippen molar-refractivity contribution in [2.24, 2.45) is 13.0 Å². The first kappa shape index (κ1) is 26.7. The van der Waals surface area contributed by atoms with E-state index in [-0.39, 0.29) is 34.7 Å². The van der Waals surface area contributed by atoms with Crippen molar-refractivity contribution in [3.8, 4) is 11.5 Å². The van der Waals surface area contributed by atoms with Crippen LogP contribution in [0.4, 0.5) is 26.2 Å². The fraction of sp³-hybridized carbons (Fsp3) is 0.267. The molecule has 5 heterocycles. The number of aromatic nitrogens is 6. The summed E-state index contributed by atoms with van der Waals surface area (Å²) in [5.41, 5.74) is 2.10.